The van der Waals surface area contributed by atoms with Gasteiger partial charge in [-0.05, 0) is 40.1 Å². The average molecular weight is 314 g/mol. The van der Waals surface area contributed by atoms with Crippen molar-refractivity contribution < 1.29 is 8.42 Å². The molecule has 0 aliphatic carbocycles. The van der Waals surface area contributed by atoms with Crippen LogP contribution in [0.25, 0.3) is 0 Å². The Hall–Kier alpha value is -1.18. The standard InChI is InChI=1S/C14H26N4O2S/c1-6-15-14-13(9-8-10-16-14)21(19,20)18(7-2)12(3)11-17(4)5/h8-10,12H,6-7,11H2,1-5H3,(H,15,16). The number of anilines is 1. The largest absolute Gasteiger partial charge is 0.369 e. The third-order valence-corrected chi connectivity index (χ3v) is 5.26. The molecule has 21 heavy (non-hydrogen) atoms. The number of sulfonamides is 1. The normalized spacial score (nSPS) is 13.7. The Balaban J connectivity index is 3.19. The van der Waals surface area contributed by atoms with Gasteiger partial charge in [0.15, 0.2) is 0 Å². The number of nitrogens with one attached hydrogen (secondary N) is 1. The summed E-state index contributed by atoms with van der Waals surface area (Å²) < 4.78 is 27.3. The van der Waals surface area contributed by atoms with E-state index in [2.05, 4.69) is 10.3 Å². The minimum atomic E-state index is -3.57. The molecule has 120 valence electrons. The van der Waals surface area contributed by atoms with Crippen molar-refractivity contribution in [2.24, 2.45) is 0 Å². The topological polar surface area (TPSA) is 65.5 Å². The fourth-order valence-electron chi connectivity index (χ4n) is 2.36. The van der Waals surface area contributed by atoms with Gasteiger partial charge in [0.2, 0.25) is 10.0 Å². The Morgan fingerprint density at radius 1 is 1.33 bits per heavy atom. The van der Waals surface area contributed by atoms with Crippen molar-refractivity contribution in [1.82, 2.24) is 14.2 Å². The number of hydrogen-bond acceptors (Lipinski definition) is 5. The van der Waals surface area contributed by atoms with Gasteiger partial charge >= 0.3 is 0 Å². The Morgan fingerprint density at radius 3 is 2.52 bits per heavy atom. The van der Waals surface area contributed by atoms with Crippen molar-refractivity contribution in [3.8, 4) is 0 Å². The average Bonchev–Trinajstić information content (AvgIpc) is 2.39. The van der Waals surface area contributed by atoms with Crippen LogP contribution in [0.3, 0.4) is 0 Å². The first-order valence-electron chi connectivity index (χ1n) is 7.20. The summed E-state index contributed by atoms with van der Waals surface area (Å²) in [7, 11) is 0.304. The maximum absolute atomic E-state index is 12.9. The van der Waals surface area contributed by atoms with Crippen LogP contribution < -0.4 is 5.32 Å². The molecule has 1 heterocycles. The van der Waals surface area contributed by atoms with E-state index in [4.69, 9.17) is 0 Å². The van der Waals surface area contributed by atoms with Crippen LogP contribution in [0, 0.1) is 0 Å². The predicted octanol–water partition coefficient (Wildman–Crippen LogP) is 1.47. The van der Waals surface area contributed by atoms with Crippen LogP contribution in [0.1, 0.15) is 20.8 Å². The summed E-state index contributed by atoms with van der Waals surface area (Å²) in [5.41, 5.74) is 0. The van der Waals surface area contributed by atoms with E-state index in [9.17, 15) is 8.42 Å². The van der Waals surface area contributed by atoms with Crippen LogP contribution in [0.5, 0.6) is 0 Å². The van der Waals surface area contributed by atoms with Crippen molar-refractivity contribution in [3.05, 3.63) is 18.3 Å². The van der Waals surface area contributed by atoms with Gasteiger partial charge in [-0.25, -0.2) is 13.4 Å². The van der Waals surface area contributed by atoms with E-state index < -0.39 is 10.0 Å². The highest BCUT2D eigenvalue weighted by molar-refractivity contribution is 7.89. The molecule has 6 nitrogen and oxygen atoms in total. The maximum Gasteiger partial charge on any atom is 0.247 e. The first kappa shape index (κ1) is 17.9. The highest BCUT2D eigenvalue weighted by atomic mass is 32.2. The Bertz CT molecular complexity index is 546. The predicted molar refractivity (Wildman–Crippen MR) is 86.0 cm³/mol. The zero-order valence-corrected chi connectivity index (χ0v) is 14.3. The summed E-state index contributed by atoms with van der Waals surface area (Å²) in [5, 5.41) is 3.01. The lowest BCUT2D eigenvalue weighted by atomic mass is 10.3. The third kappa shape index (κ3) is 4.39. The zero-order chi connectivity index (χ0) is 16.0. The van der Waals surface area contributed by atoms with Crippen LogP contribution in [-0.4, -0.2) is 62.4 Å². The summed E-state index contributed by atoms with van der Waals surface area (Å²) >= 11 is 0. The second kappa shape index (κ2) is 7.72. The van der Waals surface area contributed by atoms with Crippen molar-refractivity contribution in [1.29, 1.82) is 0 Å². The monoisotopic (exact) mass is 314 g/mol. The van der Waals surface area contributed by atoms with Crippen molar-refractivity contribution in [3.63, 3.8) is 0 Å². The number of likely N-dealkylation sites (N-methyl/N-ethyl adjacent to an activating group) is 2. The Kier molecular flexibility index (Phi) is 6.57. The molecule has 0 aromatic carbocycles. The van der Waals surface area contributed by atoms with Crippen molar-refractivity contribution >= 4 is 15.8 Å². The van der Waals surface area contributed by atoms with Gasteiger partial charge in [-0.15, -0.1) is 0 Å². The molecule has 1 atom stereocenters. The van der Waals surface area contributed by atoms with E-state index in [-0.39, 0.29) is 10.9 Å². The van der Waals surface area contributed by atoms with Gasteiger partial charge in [0.25, 0.3) is 0 Å². The second-order valence-electron chi connectivity index (χ2n) is 5.20. The van der Waals surface area contributed by atoms with Crippen LogP contribution >= 0.6 is 0 Å². The molecule has 0 fully saturated rings. The van der Waals surface area contributed by atoms with Crippen LogP contribution in [0.2, 0.25) is 0 Å². The SMILES string of the molecule is CCNc1ncccc1S(=O)(=O)N(CC)C(C)CN(C)C. The van der Waals surface area contributed by atoms with E-state index in [0.717, 1.165) is 0 Å². The summed E-state index contributed by atoms with van der Waals surface area (Å²) in [6.07, 6.45) is 1.59. The fraction of sp³-hybridized carbons (Fsp3) is 0.643. The van der Waals surface area contributed by atoms with E-state index in [1.54, 1.807) is 18.3 Å². The van der Waals surface area contributed by atoms with Gasteiger partial charge in [-0.3, -0.25) is 0 Å². The Morgan fingerprint density at radius 2 is 2.00 bits per heavy atom. The van der Waals surface area contributed by atoms with Crippen molar-refractivity contribution in [2.75, 3.05) is 39.0 Å². The summed E-state index contributed by atoms with van der Waals surface area (Å²) in [6, 6.07) is 3.15. The summed E-state index contributed by atoms with van der Waals surface area (Å²) in [4.78, 5) is 6.36. The van der Waals surface area contributed by atoms with Gasteiger partial charge in [-0.2, -0.15) is 4.31 Å². The van der Waals surface area contributed by atoms with Crippen molar-refractivity contribution in [2.45, 2.75) is 31.7 Å². The smallest absolute Gasteiger partial charge is 0.247 e. The number of hydrogen-bond donors (Lipinski definition) is 1. The van der Waals surface area contributed by atoms with E-state index in [1.807, 2.05) is 39.8 Å². The molecule has 0 saturated carbocycles. The lowest BCUT2D eigenvalue weighted by molar-refractivity contribution is 0.271. The van der Waals surface area contributed by atoms with E-state index >= 15 is 0 Å². The molecule has 1 rings (SSSR count). The van der Waals surface area contributed by atoms with E-state index in [0.29, 0.717) is 25.5 Å². The molecule has 1 unspecified atom stereocenters. The number of nitrogens with zero attached hydrogens (tertiary/aromatic N) is 3. The molecule has 1 aromatic rings. The molecule has 1 aromatic heterocycles. The van der Waals surface area contributed by atoms with Crippen LogP contribution in [-0.2, 0) is 10.0 Å². The molecule has 7 heteroatoms. The summed E-state index contributed by atoms with van der Waals surface area (Å²) in [6.45, 7) is 7.41. The van der Waals surface area contributed by atoms with Gasteiger partial charge in [-0.1, -0.05) is 6.92 Å². The van der Waals surface area contributed by atoms with Gasteiger partial charge in [0.05, 0.1) is 0 Å². The highest BCUT2D eigenvalue weighted by Gasteiger charge is 2.30. The minimum Gasteiger partial charge on any atom is -0.369 e. The van der Waals surface area contributed by atoms with Gasteiger partial charge in [0, 0.05) is 31.9 Å². The fourth-order valence-corrected chi connectivity index (χ4v) is 4.12. The second-order valence-corrected chi connectivity index (χ2v) is 7.06. The summed E-state index contributed by atoms with van der Waals surface area (Å²) in [5.74, 6) is 0.413. The van der Waals surface area contributed by atoms with Crippen LogP contribution in [0.15, 0.2) is 23.2 Å². The lowest BCUT2D eigenvalue weighted by Gasteiger charge is -2.29. The first-order chi connectivity index (χ1) is 9.84. The Labute approximate surface area is 128 Å². The van der Waals surface area contributed by atoms with Crippen LogP contribution in [0.4, 0.5) is 5.82 Å². The molecule has 0 aliphatic rings. The lowest BCUT2D eigenvalue weighted by Crippen LogP contribution is -2.43. The molecular formula is C14H26N4O2S. The molecule has 0 bridgehead atoms. The molecule has 0 spiro atoms. The molecule has 1 N–H and O–H groups in total. The van der Waals surface area contributed by atoms with E-state index in [1.165, 1.54) is 4.31 Å². The molecular weight excluding hydrogens is 288 g/mol. The quantitative estimate of drug-likeness (QED) is 0.787. The molecule has 0 amide bonds. The van der Waals surface area contributed by atoms with Gasteiger partial charge in [0.1, 0.15) is 10.7 Å². The zero-order valence-electron chi connectivity index (χ0n) is 13.5. The molecule has 0 aliphatic heterocycles. The molecule has 0 radical (unpaired) electrons. The molecule has 0 saturated heterocycles. The number of rotatable bonds is 8. The maximum atomic E-state index is 12.9. The number of pyridine rings is 1. The number of aromatic nitrogens is 1. The highest BCUT2D eigenvalue weighted by Crippen LogP contribution is 2.24. The van der Waals surface area contributed by atoms with Gasteiger partial charge < -0.3 is 10.2 Å². The first-order valence-corrected chi connectivity index (χ1v) is 8.64. The minimum absolute atomic E-state index is 0.107. The third-order valence-electron chi connectivity index (χ3n) is 3.13.